The van der Waals surface area contributed by atoms with Crippen molar-refractivity contribution in [1.82, 2.24) is 0 Å². The van der Waals surface area contributed by atoms with E-state index in [-0.39, 0.29) is 0 Å². The second-order valence-corrected chi connectivity index (χ2v) is 3.38. The van der Waals surface area contributed by atoms with Crippen molar-refractivity contribution in [3.63, 3.8) is 0 Å². The van der Waals surface area contributed by atoms with E-state index in [1.54, 1.807) is 19.1 Å². The topological polar surface area (TPSA) is 52.6 Å². The summed E-state index contributed by atoms with van der Waals surface area (Å²) < 4.78 is 9.56. The number of hydrogen-bond donors (Lipinski definition) is 0. The van der Waals surface area contributed by atoms with Crippen LogP contribution >= 0.6 is 0 Å². The molecule has 0 fully saturated rings. The van der Waals surface area contributed by atoms with E-state index in [4.69, 9.17) is 4.74 Å². The van der Waals surface area contributed by atoms with Crippen LogP contribution in [0.3, 0.4) is 0 Å². The van der Waals surface area contributed by atoms with Crippen molar-refractivity contribution in [2.24, 2.45) is 5.92 Å². The zero-order chi connectivity index (χ0) is 12.0. The van der Waals surface area contributed by atoms with Crippen molar-refractivity contribution in [3.05, 3.63) is 35.9 Å². The number of hydrogen-bond acceptors (Lipinski definition) is 4. The highest BCUT2D eigenvalue weighted by atomic mass is 16.5. The van der Waals surface area contributed by atoms with Crippen LogP contribution in [0, 0.1) is 5.92 Å². The van der Waals surface area contributed by atoms with Gasteiger partial charge in [-0.1, -0.05) is 30.3 Å². The standard InChI is InChI=1S/C12H14O4/c1-9(12(14)15-2)11(16-8-13)10-6-4-3-5-7-10/h3-9,11H,1-2H3/t9-,11-/m1/s1. The fraction of sp³-hybridized carbons (Fsp3) is 0.333. The Morgan fingerprint density at radius 1 is 1.31 bits per heavy atom. The third-order valence-corrected chi connectivity index (χ3v) is 2.36. The summed E-state index contributed by atoms with van der Waals surface area (Å²) in [4.78, 5) is 21.8. The molecule has 1 rings (SSSR count). The van der Waals surface area contributed by atoms with Crippen LogP contribution < -0.4 is 0 Å². The molecule has 0 aromatic heterocycles. The summed E-state index contributed by atoms with van der Waals surface area (Å²) in [6.07, 6.45) is -0.605. The molecule has 0 spiro atoms. The van der Waals surface area contributed by atoms with E-state index >= 15 is 0 Å². The van der Waals surface area contributed by atoms with Crippen LogP contribution in [0.2, 0.25) is 0 Å². The molecule has 0 N–H and O–H groups in total. The van der Waals surface area contributed by atoms with Gasteiger partial charge in [0.15, 0.2) is 0 Å². The van der Waals surface area contributed by atoms with Gasteiger partial charge in [0.25, 0.3) is 6.47 Å². The maximum Gasteiger partial charge on any atom is 0.312 e. The predicted octanol–water partition coefficient (Wildman–Crippen LogP) is 1.71. The molecule has 86 valence electrons. The van der Waals surface area contributed by atoms with Gasteiger partial charge in [0.1, 0.15) is 6.10 Å². The lowest BCUT2D eigenvalue weighted by Crippen LogP contribution is -2.22. The van der Waals surface area contributed by atoms with Gasteiger partial charge in [-0.15, -0.1) is 0 Å². The van der Waals surface area contributed by atoms with Gasteiger partial charge in [0, 0.05) is 0 Å². The lowest BCUT2D eigenvalue weighted by Gasteiger charge is -2.20. The summed E-state index contributed by atoms with van der Waals surface area (Å²) in [6.45, 7) is 2.00. The van der Waals surface area contributed by atoms with E-state index in [1.165, 1.54) is 7.11 Å². The molecule has 1 aromatic rings. The largest absolute Gasteiger partial charge is 0.469 e. The zero-order valence-corrected chi connectivity index (χ0v) is 9.25. The van der Waals surface area contributed by atoms with Gasteiger partial charge in [0.2, 0.25) is 0 Å². The normalized spacial score (nSPS) is 13.6. The molecule has 1 aromatic carbocycles. The molecule has 0 amide bonds. The van der Waals surface area contributed by atoms with Crippen molar-refractivity contribution < 1.29 is 19.1 Å². The molecule has 0 radical (unpaired) electrons. The van der Waals surface area contributed by atoms with Gasteiger partial charge >= 0.3 is 5.97 Å². The molecule has 0 bridgehead atoms. The number of esters is 1. The van der Waals surface area contributed by atoms with Crippen LogP contribution in [0.5, 0.6) is 0 Å². The Morgan fingerprint density at radius 2 is 1.94 bits per heavy atom. The van der Waals surface area contributed by atoms with E-state index in [9.17, 15) is 9.59 Å². The Hall–Kier alpha value is -1.84. The van der Waals surface area contributed by atoms with Gasteiger partial charge in [-0.05, 0) is 12.5 Å². The zero-order valence-electron chi connectivity index (χ0n) is 9.25. The predicted molar refractivity (Wildman–Crippen MR) is 57.5 cm³/mol. The molecule has 4 heteroatoms. The smallest absolute Gasteiger partial charge is 0.312 e. The summed E-state index contributed by atoms with van der Waals surface area (Å²) in [5, 5.41) is 0. The second kappa shape index (κ2) is 5.90. The first-order valence-corrected chi connectivity index (χ1v) is 4.92. The summed E-state index contributed by atoms with van der Waals surface area (Å²) >= 11 is 0. The van der Waals surface area contributed by atoms with E-state index in [2.05, 4.69) is 4.74 Å². The van der Waals surface area contributed by atoms with Crippen LogP contribution in [-0.2, 0) is 19.1 Å². The lowest BCUT2D eigenvalue weighted by atomic mass is 9.97. The quantitative estimate of drug-likeness (QED) is 0.562. The van der Waals surface area contributed by atoms with Gasteiger partial charge < -0.3 is 9.47 Å². The molecule has 4 nitrogen and oxygen atoms in total. The van der Waals surface area contributed by atoms with Crippen molar-refractivity contribution in [1.29, 1.82) is 0 Å². The van der Waals surface area contributed by atoms with E-state index in [0.717, 1.165) is 5.56 Å². The fourth-order valence-electron chi connectivity index (χ4n) is 1.50. The highest BCUT2D eigenvalue weighted by molar-refractivity contribution is 5.73. The number of carbonyl (C=O) groups is 2. The van der Waals surface area contributed by atoms with Crippen LogP contribution in [0.4, 0.5) is 0 Å². The van der Waals surface area contributed by atoms with Gasteiger partial charge in [-0.2, -0.15) is 0 Å². The maximum absolute atomic E-state index is 11.4. The molecular weight excluding hydrogens is 208 g/mol. The van der Waals surface area contributed by atoms with E-state index in [1.807, 2.05) is 18.2 Å². The number of carbonyl (C=O) groups excluding carboxylic acids is 2. The van der Waals surface area contributed by atoms with Crippen molar-refractivity contribution in [2.45, 2.75) is 13.0 Å². The summed E-state index contributed by atoms with van der Waals surface area (Å²) in [7, 11) is 1.31. The number of rotatable bonds is 5. The average Bonchev–Trinajstić information content (AvgIpc) is 2.35. The molecule has 2 atom stereocenters. The minimum absolute atomic E-state index is 0.344. The molecule has 0 saturated heterocycles. The monoisotopic (exact) mass is 222 g/mol. The molecular formula is C12H14O4. The van der Waals surface area contributed by atoms with Crippen molar-refractivity contribution >= 4 is 12.4 Å². The number of methoxy groups -OCH3 is 1. The first-order chi connectivity index (χ1) is 7.70. The van der Waals surface area contributed by atoms with Crippen molar-refractivity contribution in [3.8, 4) is 0 Å². The highest BCUT2D eigenvalue weighted by Crippen LogP contribution is 2.25. The van der Waals surface area contributed by atoms with E-state index < -0.39 is 18.0 Å². The second-order valence-electron chi connectivity index (χ2n) is 3.38. The minimum atomic E-state index is -0.605. The summed E-state index contributed by atoms with van der Waals surface area (Å²) in [5.74, 6) is -0.937. The maximum atomic E-state index is 11.4. The molecule has 0 aliphatic heterocycles. The molecule has 0 aliphatic rings. The third kappa shape index (κ3) is 2.82. The molecule has 0 saturated carbocycles. The minimum Gasteiger partial charge on any atom is -0.469 e. The Labute approximate surface area is 94.2 Å². The Bertz CT molecular complexity index is 347. The molecule has 0 unspecified atom stereocenters. The first-order valence-electron chi connectivity index (χ1n) is 4.92. The Kier molecular flexibility index (Phi) is 4.51. The van der Waals surface area contributed by atoms with Crippen molar-refractivity contribution in [2.75, 3.05) is 7.11 Å². The number of benzene rings is 1. The lowest BCUT2D eigenvalue weighted by molar-refractivity contribution is -0.153. The third-order valence-electron chi connectivity index (χ3n) is 2.36. The van der Waals surface area contributed by atoms with Crippen LogP contribution in [0.15, 0.2) is 30.3 Å². The van der Waals surface area contributed by atoms with Gasteiger partial charge in [0.05, 0.1) is 13.0 Å². The van der Waals surface area contributed by atoms with E-state index in [0.29, 0.717) is 6.47 Å². The SMILES string of the molecule is COC(=O)[C@H](C)[C@@H](OC=O)c1ccccc1. The average molecular weight is 222 g/mol. The van der Waals surface area contributed by atoms with Crippen LogP contribution in [-0.4, -0.2) is 19.6 Å². The Morgan fingerprint density at radius 3 is 2.44 bits per heavy atom. The molecule has 16 heavy (non-hydrogen) atoms. The molecule has 0 heterocycles. The van der Waals surface area contributed by atoms with Crippen LogP contribution in [0.25, 0.3) is 0 Å². The summed E-state index contributed by atoms with van der Waals surface area (Å²) in [5.41, 5.74) is 0.771. The number of ether oxygens (including phenoxy) is 2. The first kappa shape index (κ1) is 12.2. The molecule has 0 aliphatic carbocycles. The Balaban J connectivity index is 2.91. The summed E-state index contributed by atoms with van der Waals surface area (Å²) in [6, 6.07) is 9.09. The van der Waals surface area contributed by atoms with Gasteiger partial charge in [-0.3, -0.25) is 9.59 Å². The highest BCUT2D eigenvalue weighted by Gasteiger charge is 2.27. The fourth-order valence-corrected chi connectivity index (χ4v) is 1.50. The van der Waals surface area contributed by atoms with Gasteiger partial charge in [-0.25, -0.2) is 0 Å². The van der Waals surface area contributed by atoms with Crippen LogP contribution in [0.1, 0.15) is 18.6 Å².